The van der Waals surface area contributed by atoms with Crippen LogP contribution in [0, 0.1) is 11.3 Å². The van der Waals surface area contributed by atoms with Gasteiger partial charge in [0.15, 0.2) is 0 Å². The van der Waals surface area contributed by atoms with Gasteiger partial charge in [-0.1, -0.05) is 39.8 Å². The summed E-state index contributed by atoms with van der Waals surface area (Å²) in [5.41, 5.74) is 7.20. The number of amides is 1. The van der Waals surface area contributed by atoms with Gasteiger partial charge in [-0.05, 0) is 23.5 Å². The fraction of sp³-hybridized carbons (Fsp3) is 0.500. The van der Waals surface area contributed by atoms with Gasteiger partial charge in [0.2, 0.25) is 5.91 Å². The highest BCUT2D eigenvalue weighted by Gasteiger charge is 2.22. The van der Waals surface area contributed by atoms with E-state index < -0.39 is 0 Å². The molecule has 1 amide bonds. The van der Waals surface area contributed by atoms with E-state index in [1.54, 1.807) is 6.07 Å². The van der Waals surface area contributed by atoms with Crippen molar-refractivity contribution in [1.82, 2.24) is 0 Å². The van der Waals surface area contributed by atoms with Gasteiger partial charge in [0.05, 0.1) is 11.4 Å². The van der Waals surface area contributed by atoms with E-state index in [1.165, 1.54) is 0 Å². The highest BCUT2D eigenvalue weighted by atomic mass is 16.1. The lowest BCUT2D eigenvalue weighted by molar-refractivity contribution is -0.117. The minimum absolute atomic E-state index is 0.0188. The van der Waals surface area contributed by atoms with E-state index in [1.807, 2.05) is 18.2 Å². The van der Waals surface area contributed by atoms with Crippen molar-refractivity contribution >= 4 is 17.3 Å². The second-order valence-corrected chi connectivity index (χ2v) is 5.61. The number of carbonyl (C=O) groups is 1. The van der Waals surface area contributed by atoms with Gasteiger partial charge in [-0.25, -0.2) is 0 Å². The molecule has 0 aliphatic heterocycles. The molecule has 0 saturated carbocycles. The summed E-state index contributed by atoms with van der Waals surface area (Å²) >= 11 is 0. The van der Waals surface area contributed by atoms with Crippen LogP contribution in [-0.4, -0.2) is 5.91 Å². The Morgan fingerprint density at radius 2 is 1.94 bits per heavy atom. The number of nitrogens with two attached hydrogens (primary N) is 1. The first-order valence-electron chi connectivity index (χ1n) is 5.95. The minimum atomic E-state index is 0.0188. The number of hydrogen-bond donors (Lipinski definition) is 2. The smallest absolute Gasteiger partial charge is 0.224 e. The lowest BCUT2D eigenvalue weighted by Crippen LogP contribution is -2.24. The molecule has 0 heterocycles. The number of benzene rings is 1. The molecule has 1 aromatic carbocycles. The van der Waals surface area contributed by atoms with E-state index >= 15 is 0 Å². The van der Waals surface area contributed by atoms with Gasteiger partial charge in [-0.15, -0.1) is 0 Å². The maximum absolute atomic E-state index is 11.9. The second kappa shape index (κ2) is 5.21. The molecule has 0 aromatic heterocycles. The fourth-order valence-electron chi connectivity index (χ4n) is 1.40. The molecule has 0 aliphatic carbocycles. The largest absolute Gasteiger partial charge is 0.397 e. The normalized spacial score (nSPS) is 13.2. The molecule has 1 unspecified atom stereocenters. The molecule has 0 spiro atoms. The van der Waals surface area contributed by atoms with Crippen molar-refractivity contribution in [1.29, 1.82) is 0 Å². The highest BCUT2D eigenvalue weighted by molar-refractivity contribution is 5.93. The molecule has 1 aromatic rings. The van der Waals surface area contributed by atoms with Crippen LogP contribution in [0.25, 0.3) is 0 Å². The van der Waals surface area contributed by atoms with E-state index in [9.17, 15) is 4.79 Å². The van der Waals surface area contributed by atoms with Gasteiger partial charge in [0, 0.05) is 6.42 Å². The summed E-state index contributed by atoms with van der Waals surface area (Å²) in [6.07, 6.45) is 0.512. The molecule has 0 bridgehead atoms. The van der Waals surface area contributed by atoms with Crippen LogP contribution >= 0.6 is 0 Å². The Kier molecular flexibility index (Phi) is 4.16. The van der Waals surface area contributed by atoms with Crippen molar-refractivity contribution in [3.05, 3.63) is 24.3 Å². The summed E-state index contributed by atoms with van der Waals surface area (Å²) in [5, 5.41) is 2.85. The Balaban J connectivity index is 2.60. The van der Waals surface area contributed by atoms with Crippen molar-refractivity contribution in [2.75, 3.05) is 11.1 Å². The number of para-hydroxylation sites is 2. The number of hydrogen-bond acceptors (Lipinski definition) is 2. The molecule has 3 heteroatoms. The molecule has 0 aliphatic rings. The van der Waals surface area contributed by atoms with Gasteiger partial charge in [-0.3, -0.25) is 4.79 Å². The van der Waals surface area contributed by atoms with Crippen molar-refractivity contribution in [3.63, 3.8) is 0 Å². The van der Waals surface area contributed by atoms with Crippen LogP contribution in [0.3, 0.4) is 0 Å². The topological polar surface area (TPSA) is 55.1 Å². The van der Waals surface area contributed by atoms with E-state index in [4.69, 9.17) is 5.73 Å². The number of nitrogens with one attached hydrogen (secondary N) is 1. The Hall–Kier alpha value is -1.51. The van der Waals surface area contributed by atoms with Crippen LogP contribution in [-0.2, 0) is 4.79 Å². The standard InChI is InChI=1S/C14H22N2O/c1-10(14(2,3)4)9-13(17)16-12-8-6-5-7-11(12)15/h5-8,10H,9,15H2,1-4H3,(H,16,17). The predicted octanol–water partition coefficient (Wildman–Crippen LogP) is 3.28. The number of anilines is 2. The zero-order valence-corrected chi connectivity index (χ0v) is 11.1. The third kappa shape index (κ3) is 4.10. The first kappa shape index (κ1) is 13.6. The number of carbonyl (C=O) groups excluding carboxylic acids is 1. The molecule has 1 rings (SSSR count). The van der Waals surface area contributed by atoms with Crippen molar-refractivity contribution < 1.29 is 4.79 Å². The summed E-state index contributed by atoms with van der Waals surface area (Å²) in [6.45, 7) is 8.51. The summed E-state index contributed by atoms with van der Waals surface area (Å²) in [6, 6.07) is 7.31. The summed E-state index contributed by atoms with van der Waals surface area (Å²) in [7, 11) is 0. The van der Waals surface area contributed by atoms with Gasteiger partial charge < -0.3 is 11.1 Å². The van der Waals surface area contributed by atoms with Crippen LogP contribution in [0.2, 0.25) is 0 Å². The van der Waals surface area contributed by atoms with E-state index in [2.05, 4.69) is 33.0 Å². The molecular formula is C14H22N2O. The maximum atomic E-state index is 11.9. The molecular weight excluding hydrogens is 212 g/mol. The van der Waals surface area contributed by atoms with Crippen LogP contribution < -0.4 is 11.1 Å². The Morgan fingerprint density at radius 3 is 2.47 bits per heavy atom. The average molecular weight is 234 g/mol. The van der Waals surface area contributed by atoms with Crippen LogP contribution in [0.5, 0.6) is 0 Å². The van der Waals surface area contributed by atoms with Crippen molar-refractivity contribution in [3.8, 4) is 0 Å². The average Bonchev–Trinajstić information content (AvgIpc) is 2.20. The molecule has 3 nitrogen and oxygen atoms in total. The SMILES string of the molecule is CC(CC(=O)Nc1ccccc1N)C(C)(C)C. The Morgan fingerprint density at radius 1 is 1.35 bits per heavy atom. The molecule has 1 atom stereocenters. The van der Waals surface area contributed by atoms with E-state index in [0.29, 0.717) is 23.7 Å². The summed E-state index contributed by atoms with van der Waals surface area (Å²) in [4.78, 5) is 11.9. The first-order chi connectivity index (χ1) is 7.80. The Bertz CT molecular complexity index is 393. The number of rotatable bonds is 3. The lowest BCUT2D eigenvalue weighted by atomic mass is 9.80. The molecule has 3 N–H and O–H groups in total. The molecule has 94 valence electrons. The van der Waals surface area contributed by atoms with Crippen LogP contribution in [0.1, 0.15) is 34.1 Å². The van der Waals surface area contributed by atoms with Crippen molar-refractivity contribution in [2.45, 2.75) is 34.1 Å². The van der Waals surface area contributed by atoms with Gasteiger partial charge in [-0.2, -0.15) is 0 Å². The van der Waals surface area contributed by atoms with Gasteiger partial charge in [0.1, 0.15) is 0 Å². The second-order valence-electron chi connectivity index (χ2n) is 5.61. The third-order valence-electron chi connectivity index (χ3n) is 3.20. The zero-order valence-electron chi connectivity index (χ0n) is 11.1. The number of nitrogen functional groups attached to an aromatic ring is 1. The van der Waals surface area contributed by atoms with Gasteiger partial charge in [0.25, 0.3) is 0 Å². The molecule has 0 saturated heterocycles. The Labute approximate surface area is 103 Å². The highest BCUT2D eigenvalue weighted by Crippen LogP contribution is 2.28. The van der Waals surface area contributed by atoms with Crippen molar-refractivity contribution in [2.24, 2.45) is 11.3 Å². The van der Waals surface area contributed by atoms with E-state index in [0.717, 1.165) is 0 Å². The first-order valence-corrected chi connectivity index (χ1v) is 5.95. The molecule has 0 radical (unpaired) electrons. The molecule has 17 heavy (non-hydrogen) atoms. The van der Waals surface area contributed by atoms with Crippen LogP contribution in [0.4, 0.5) is 11.4 Å². The van der Waals surface area contributed by atoms with E-state index in [-0.39, 0.29) is 11.3 Å². The minimum Gasteiger partial charge on any atom is -0.397 e. The fourth-order valence-corrected chi connectivity index (χ4v) is 1.40. The monoisotopic (exact) mass is 234 g/mol. The molecule has 0 fully saturated rings. The summed E-state index contributed by atoms with van der Waals surface area (Å²) < 4.78 is 0. The van der Waals surface area contributed by atoms with Crippen LogP contribution in [0.15, 0.2) is 24.3 Å². The predicted molar refractivity (Wildman–Crippen MR) is 72.7 cm³/mol. The quantitative estimate of drug-likeness (QED) is 0.788. The third-order valence-corrected chi connectivity index (χ3v) is 3.20. The lowest BCUT2D eigenvalue weighted by Gasteiger charge is -2.26. The van der Waals surface area contributed by atoms with Gasteiger partial charge >= 0.3 is 0 Å². The summed E-state index contributed by atoms with van der Waals surface area (Å²) in [5.74, 6) is 0.345. The maximum Gasteiger partial charge on any atom is 0.224 e. The zero-order chi connectivity index (χ0) is 13.1.